The highest BCUT2D eigenvalue weighted by Gasteiger charge is 2.22. The van der Waals surface area contributed by atoms with Crippen molar-refractivity contribution < 1.29 is 27.8 Å². The summed E-state index contributed by atoms with van der Waals surface area (Å²) in [6, 6.07) is 9.66. The van der Waals surface area contributed by atoms with Gasteiger partial charge in [-0.1, -0.05) is 12.1 Å². The molecule has 2 aromatic carbocycles. The number of fused-ring (bicyclic) bond motifs is 1. The molecule has 0 fully saturated rings. The third-order valence-electron chi connectivity index (χ3n) is 4.17. The Morgan fingerprint density at radius 3 is 2.81 bits per heavy atom. The molecule has 1 N–H and O–H groups in total. The zero-order valence-corrected chi connectivity index (χ0v) is 15.1. The number of para-hydroxylation sites is 1. The minimum absolute atomic E-state index is 0.0433. The Bertz CT molecular complexity index is 826. The van der Waals surface area contributed by atoms with Gasteiger partial charge in [0.15, 0.2) is 0 Å². The molecule has 27 heavy (non-hydrogen) atoms. The molecule has 144 valence electrons. The highest BCUT2D eigenvalue weighted by atomic mass is 19.3. The summed E-state index contributed by atoms with van der Waals surface area (Å²) in [5, 5.41) is 2.73. The molecule has 0 radical (unpaired) electrons. The van der Waals surface area contributed by atoms with Gasteiger partial charge in [0.1, 0.15) is 23.4 Å². The normalized spacial score (nSPS) is 15.2. The van der Waals surface area contributed by atoms with E-state index in [4.69, 9.17) is 9.47 Å². The van der Waals surface area contributed by atoms with Gasteiger partial charge in [-0.2, -0.15) is 8.78 Å². The van der Waals surface area contributed by atoms with Crippen LogP contribution in [0.2, 0.25) is 0 Å². The Kier molecular flexibility index (Phi) is 5.78. The maximum Gasteiger partial charge on any atom is 0.387 e. The maximum absolute atomic E-state index is 12.5. The average molecular weight is 377 g/mol. The minimum Gasteiger partial charge on any atom is -0.494 e. The average Bonchev–Trinajstić information content (AvgIpc) is 2.98. The molecule has 1 heterocycles. The smallest absolute Gasteiger partial charge is 0.387 e. The zero-order valence-electron chi connectivity index (χ0n) is 15.1. The van der Waals surface area contributed by atoms with Crippen LogP contribution in [0.5, 0.6) is 17.2 Å². The van der Waals surface area contributed by atoms with Gasteiger partial charge in [0.2, 0.25) is 0 Å². The predicted octanol–water partition coefficient (Wildman–Crippen LogP) is 3.94. The van der Waals surface area contributed by atoms with Gasteiger partial charge in [-0.15, -0.1) is 0 Å². The lowest BCUT2D eigenvalue weighted by molar-refractivity contribution is -0.0501. The summed E-state index contributed by atoms with van der Waals surface area (Å²) in [7, 11) is 0. The molecule has 1 aliphatic heterocycles. The second-order valence-electron chi connectivity index (χ2n) is 6.19. The summed E-state index contributed by atoms with van der Waals surface area (Å²) in [6.45, 7) is 1.52. The second kappa shape index (κ2) is 8.24. The molecule has 5 nitrogen and oxygen atoms in total. The number of amides is 1. The molecular formula is C20H21F2NO4. The quantitative estimate of drug-likeness (QED) is 0.794. The van der Waals surface area contributed by atoms with E-state index in [1.54, 1.807) is 6.07 Å². The Balaban J connectivity index is 1.77. The first-order valence-corrected chi connectivity index (χ1v) is 8.75. The van der Waals surface area contributed by atoms with E-state index in [1.165, 1.54) is 18.2 Å². The molecule has 0 saturated carbocycles. The number of halogens is 2. The molecule has 0 bridgehead atoms. The SMILES string of the molecule is CCOc1cc2c(cc1CNC(=O)c1ccccc1OC(F)F)O[C@H](C)C2. The number of carbonyl (C=O) groups is 1. The van der Waals surface area contributed by atoms with Crippen molar-refractivity contribution in [3.63, 3.8) is 0 Å². The Morgan fingerprint density at radius 2 is 2.07 bits per heavy atom. The molecule has 3 rings (SSSR count). The molecule has 1 amide bonds. The summed E-state index contributed by atoms with van der Waals surface area (Å²) < 4.78 is 40.9. The fraction of sp³-hybridized carbons (Fsp3) is 0.350. The number of benzene rings is 2. The maximum atomic E-state index is 12.5. The standard InChI is InChI=1S/C20H21F2NO4/c1-3-25-17-9-13-8-12(2)26-18(13)10-14(17)11-23-19(24)15-6-4-5-7-16(15)27-20(21)22/h4-7,9-10,12,20H,3,8,11H2,1-2H3,(H,23,24)/t12-/m1/s1. The number of hydrogen-bond acceptors (Lipinski definition) is 4. The van der Waals surface area contributed by atoms with Crippen LogP contribution >= 0.6 is 0 Å². The van der Waals surface area contributed by atoms with E-state index >= 15 is 0 Å². The summed E-state index contributed by atoms with van der Waals surface area (Å²) in [5.41, 5.74) is 1.86. The molecule has 0 spiro atoms. The van der Waals surface area contributed by atoms with E-state index in [9.17, 15) is 13.6 Å². The van der Waals surface area contributed by atoms with Crippen molar-refractivity contribution in [1.29, 1.82) is 0 Å². The first-order chi connectivity index (χ1) is 13.0. The van der Waals surface area contributed by atoms with Crippen molar-refractivity contribution in [2.45, 2.75) is 39.5 Å². The molecule has 7 heteroatoms. The van der Waals surface area contributed by atoms with Crippen molar-refractivity contribution >= 4 is 5.91 Å². The van der Waals surface area contributed by atoms with Crippen molar-refractivity contribution in [2.75, 3.05) is 6.61 Å². The fourth-order valence-corrected chi connectivity index (χ4v) is 3.03. The first kappa shape index (κ1) is 18.9. The van der Waals surface area contributed by atoms with Crippen LogP contribution in [0.4, 0.5) is 8.78 Å². The van der Waals surface area contributed by atoms with Crippen molar-refractivity contribution in [1.82, 2.24) is 5.32 Å². The Labute approximate surface area is 156 Å². The zero-order chi connectivity index (χ0) is 19.4. The molecular weight excluding hydrogens is 356 g/mol. The number of ether oxygens (including phenoxy) is 3. The van der Waals surface area contributed by atoms with Gasteiger partial charge in [-0.05, 0) is 38.1 Å². The number of alkyl halides is 2. The van der Waals surface area contributed by atoms with Crippen molar-refractivity contribution in [3.8, 4) is 17.2 Å². The van der Waals surface area contributed by atoms with E-state index in [0.29, 0.717) is 12.4 Å². The Hall–Kier alpha value is -2.83. The van der Waals surface area contributed by atoms with Crippen molar-refractivity contribution in [3.05, 3.63) is 53.1 Å². The first-order valence-electron chi connectivity index (χ1n) is 8.75. The predicted molar refractivity (Wildman–Crippen MR) is 95.6 cm³/mol. The van der Waals surface area contributed by atoms with E-state index < -0.39 is 12.5 Å². The van der Waals surface area contributed by atoms with Gasteiger partial charge >= 0.3 is 6.61 Å². The van der Waals surface area contributed by atoms with Gasteiger partial charge in [-0.25, -0.2) is 0 Å². The molecule has 0 unspecified atom stereocenters. The fourth-order valence-electron chi connectivity index (χ4n) is 3.03. The summed E-state index contributed by atoms with van der Waals surface area (Å²) in [4.78, 5) is 12.5. The molecule has 1 atom stereocenters. The summed E-state index contributed by atoms with van der Waals surface area (Å²) >= 11 is 0. The van der Waals surface area contributed by atoms with E-state index in [1.807, 2.05) is 26.0 Å². The molecule has 1 aliphatic rings. The number of nitrogens with one attached hydrogen (secondary N) is 1. The lowest BCUT2D eigenvalue weighted by atomic mass is 10.1. The molecule has 0 aliphatic carbocycles. The van der Waals surface area contributed by atoms with Crippen LogP contribution in [0.3, 0.4) is 0 Å². The Morgan fingerprint density at radius 1 is 1.30 bits per heavy atom. The van der Waals surface area contributed by atoms with Crippen LogP contribution in [0.25, 0.3) is 0 Å². The minimum atomic E-state index is -3.00. The van der Waals surface area contributed by atoms with E-state index in [-0.39, 0.29) is 24.0 Å². The van der Waals surface area contributed by atoms with Crippen LogP contribution < -0.4 is 19.5 Å². The van der Waals surface area contributed by atoms with Crippen LogP contribution in [0.15, 0.2) is 36.4 Å². The van der Waals surface area contributed by atoms with Crippen LogP contribution in [-0.4, -0.2) is 25.2 Å². The molecule has 0 aromatic heterocycles. The third kappa shape index (κ3) is 4.48. The molecule has 2 aromatic rings. The third-order valence-corrected chi connectivity index (χ3v) is 4.17. The van der Waals surface area contributed by atoms with Gasteiger partial charge in [-0.3, -0.25) is 4.79 Å². The highest BCUT2D eigenvalue weighted by Crippen LogP contribution is 2.35. The van der Waals surface area contributed by atoms with Gasteiger partial charge < -0.3 is 19.5 Å². The lowest BCUT2D eigenvalue weighted by Crippen LogP contribution is -2.24. The number of carbonyl (C=O) groups excluding carboxylic acids is 1. The van der Waals surface area contributed by atoms with Crippen molar-refractivity contribution in [2.24, 2.45) is 0 Å². The summed E-state index contributed by atoms with van der Waals surface area (Å²) in [6.07, 6.45) is 0.901. The lowest BCUT2D eigenvalue weighted by Gasteiger charge is -2.14. The topological polar surface area (TPSA) is 56.8 Å². The largest absolute Gasteiger partial charge is 0.494 e. The number of hydrogen-bond donors (Lipinski definition) is 1. The van der Waals surface area contributed by atoms with Crippen LogP contribution in [-0.2, 0) is 13.0 Å². The van der Waals surface area contributed by atoms with Gasteiger partial charge in [0.25, 0.3) is 5.91 Å². The van der Waals surface area contributed by atoms with Crippen LogP contribution in [0, 0.1) is 0 Å². The molecule has 0 saturated heterocycles. The monoisotopic (exact) mass is 377 g/mol. The number of rotatable bonds is 7. The van der Waals surface area contributed by atoms with Gasteiger partial charge in [0.05, 0.1) is 12.2 Å². The van der Waals surface area contributed by atoms with Gasteiger partial charge in [0, 0.05) is 24.1 Å². The van der Waals surface area contributed by atoms with E-state index in [2.05, 4.69) is 10.1 Å². The van der Waals surface area contributed by atoms with E-state index in [0.717, 1.165) is 23.3 Å². The summed E-state index contributed by atoms with van der Waals surface area (Å²) in [5.74, 6) is 0.771. The van der Waals surface area contributed by atoms with Crippen LogP contribution in [0.1, 0.15) is 35.3 Å². The highest BCUT2D eigenvalue weighted by molar-refractivity contribution is 5.96. The second-order valence-corrected chi connectivity index (χ2v) is 6.19.